The summed E-state index contributed by atoms with van der Waals surface area (Å²) in [6, 6.07) is 13.1. The minimum absolute atomic E-state index is 1.05. The van der Waals surface area contributed by atoms with Gasteiger partial charge in [-0.1, -0.05) is 6.07 Å². The van der Waals surface area contributed by atoms with Crippen LogP contribution in [-0.2, 0) is 7.05 Å². The standard InChI is InChI=1S/C19H22N4/c1-21-9-11-23(12-10-21)17-5-7-20-18(14-17)15-3-4-19-16(13-15)6-8-22(19)2/h3-8,13-14H,9-12H2,1-2H3. The molecule has 1 saturated heterocycles. The van der Waals surface area contributed by atoms with Crippen molar-refractivity contribution in [3.8, 4) is 11.3 Å². The zero-order valence-electron chi connectivity index (χ0n) is 13.7. The molecule has 2 aromatic heterocycles. The molecule has 23 heavy (non-hydrogen) atoms. The van der Waals surface area contributed by atoms with Gasteiger partial charge in [0.2, 0.25) is 0 Å². The van der Waals surface area contributed by atoms with Crippen LogP contribution in [0.1, 0.15) is 0 Å². The summed E-state index contributed by atoms with van der Waals surface area (Å²) in [6.07, 6.45) is 4.03. The van der Waals surface area contributed by atoms with Crippen LogP contribution in [0.25, 0.3) is 22.2 Å². The number of piperazine rings is 1. The van der Waals surface area contributed by atoms with Gasteiger partial charge in [-0.05, 0) is 37.4 Å². The minimum atomic E-state index is 1.05. The van der Waals surface area contributed by atoms with Crippen LogP contribution >= 0.6 is 0 Å². The number of aryl methyl sites for hydroxylation is 1. The smallest absolute Gasteiger partial charge is 0.0722 e. The Morgan fingerprint density at radius 3 is 2.57 bits per heavy atom. The molecule has 4 rings (SSSR count). The molecule has 0 amide bonds. The van der Waals surface area contributed by atoms with E-state index in [0.29, 0.717) is 0 Å². The number of likely N-dealkylation sites (N-methyl/N-ethyl adjacent to an activating group) is 1. The number of rotatable bonds is 2. The molecule has 3 heterocycles. The van der Waals surface area contributed by atoms with E-state index in [2.05, 4.69) is 76.0 Å². The molecule has 4 heteroatoms. The molecule has 1 aliphatic rings. The quantitative estimate of drug-likeness (QED) is 0.727. The molecule has 0 bridgehead atoms. The Bertz CT molecular complexity index is 828. The molecule has 1 aromatic carbocycles. The highest BCUT2D eigenvalue weighted by Crippen LogP contribution is 2.26. The summed E-state index contributed by atoms with van der Waals surface area (Å²) in [5, 5.41) is 1.26. The Kier molecular flexibility index (Phi) is 3.54. The van der Waals surface area contributed by atoms with Crippen LogP contribution in [0.2, 0.25) is 0 Å². The molecule has 0 atom stereocenters. The number of nitrogens with zero attached hydrogens (tertiary/aromatic N) is 4. The predicted octanol–water partition coefficient (Wildman–Crippen LogP) is 2.99. The van der Waals surface area contributed by atoms with Crippen molar-refractivity contribution < 1.29 is 0 Å². The van der Waals surface area contributed by atoms with E-state index in [4.69, 9.17) is 0 Å². The van der Waals surface area contributed by atoms with E-state index in [0.717, 1.165) is 31.9 Å². The first-order valence-corrected chi connectivity index (χ1v) is 8.16. The second kappa shape index (κ2) is 5.70. The van der Waals surface area contributed by atoms with E-state index >= 15 is 0 Å². The zero-order chi connectivity index (χ0) is 15.8. The summed E-state index contributed by atoms with van der Waals surface area (Å²) in [5.74, 6) is 0. The van der Waals surface area contributed by atoms with Crippen molar-refractivity contribution in [2.75, 3.05) is 38.1 Å². The van der Waals surface area contributed by atoms with E-state index in [1.165, 1.54) is 22.2 Å². The SMILES string of the molecule is CN1CCN(c2ccnc(-c3ccc4c(ccn4C)c3)c2)CC1. The summed E-state index contributed by atoms with van der Waals surface area (Å²) >= 11 is 0. The Balaban J connectivity index is 1.66. The summed E-state index contributed by atoms with van der Waals surface area (Å²) in [4.78, 5) is 9.42. The van der Waals surface area contributed by atoms with E-state index in [9.17, 15) is 0 Å². The van der Waals surface area contributed by atoms with Crippen molar-refractivity contribution in [2.24, 2.45) is 7.05 Å². The van der Waals surface area contributed by atoms with Crippen molar-refractivity contribution >= 4 is 16.6 Å². The third-order valence-electron chi connectivity index (χ3n) is 4.79. The Morgan fingerprint density at radius 2 is 1.74 bits per heavy atom. The van der Waals surface area contributed by atoms with E-state index < -0.39 is 0 Å². The molecule has 0 N–H and O–H groups in total. The van der Waals surface area contributed by atoms with Gasteiger partial charge in [0, 0.05) is 67.8 Å². The summed E-state index contributed by atoms with van der Waals surface area (Å²) in [7, 11) is 4.26. The third kappa shape index (κ3) is 2.70. The van der Waals surface area contributed by atoms with Crippen molar-refractivity contribution in [3.63, 3.8) is 0 Å². The van der Waals surface area contributed by atoms with Gasteiger partial charge < -0.3 is 14.4 Å². The van der Waals surface area contributed by atoms with Gasteiger partial charge in [0.1, 0.15) is 0 Å². The normalized spacial score (nSPS) is 16.2. The Morgan fingerprint density at radius 1 is 0.913 bits per heavy atom. The van der Waals surface area contributed by atoms with Crippen molar-refractivity contribution in [3.05, 3.63) is 48.8 Å². The second-order valence-corrected chi connectivity index (χ2v) is 6.39. The summed E-state index contributed by atoms with van der Waals surface area (Å²) < 4.78 is 2.15. The molecule has 0 spiro atoms. The first-order chi connectivity index (χ1) is 11.2. The topological polar surface area (TPSA) is 24.3 Å². The summed E-state index contributed by atoms with van der Waals surface area (Å²) in [6.45, 7) is 4.40. The average molecular weight is 306 g/mol. The first-order valence-electron chi connectivity index (χ1n) is 8.16. The highest BCUT2D eigenvalue weighted by molar-refractivity contribution is 5.85. The highest BCUT2D eigenvalue weighted by Gasteiger charge is 2.15. The largest absolute Gasteiger partial charge is 0.369 e. The maximum Gasteiger partial charge on any atom is 0.0722 e. The first kappa shape index (κ1) is 14.3. The van der Waals surface area contributed by atoms with Crippen LogP contribution < -0.4 is 4.90 Å². The van der Waals surface area contributed by atoms with Gasteiger partial charge in [-0.2, -0.15) is 0 Å². The van der Waals surface area contributed by atoms with Crippen LogP contribution in [-0.4, -0.2) is 47.7 Å². The number of hydrogen-bond acceptors (Lipinski definition) is 3. The molecule has 0 aliphatic carbocycles. The van der Waals surface area contributed by atoms with Gasteiger partial charge in [-0.15, -0.1) is 0 Å². The lowest BCUT2D eigenvalue weighted by Gasteiger charge is -2.34. The van der Waals surface area contributed by atoms with Gasteiger partial charge in [0.25, 0.3) is 0 Å². The van der Waals surface area contributed by atoms with E-state index in [-0.39, 0.29) is 0 Å². The maximum absolute atomic E-state index is 4.59. The predicted molar refractivity (Wildman–Crippen MR) is 95.9 cm³/mol. The van der Waals surface area contributed by atoms with Crippen molar-refractivity contribution in [2.45, 2.75) is 0 Å². The van der Waals surface area contributed by atoms with Crippen LogP contribution in [0, 0.1) is 0 Å². The molecule has 4 nitrogen and oxygen atoms in total. The minimum Gasteiger partial charge on any atom is -0.369 e. The fourth-order valence-corrected chi connectivity index (χ4v) is 3.28. The zero-order valence-corrected chi connectivity index (χ0v) is 13.7. The van der Waals surface area contributed by atoms with Crippen LogP contribution in [0.4, 0.5) is 5.69 Å². The molecule has 1 aliphatic heterocycles. The molecule has 0 radical (unpaired) electrons. The van der Waals surface area contributed by atoms with E-state index in [1.54, 1.807) is 0 Å². The van der Waals surface area contributed by atoms with Gasteiger partial charge in [-0.25, -0.2) is 0 Å². The molecule has 0 unspecified atom stereocenters. The fourth-order valence-electron chi connectivity index (χ4n) is 3.28. The third-order valence-corrected chi connectivity index (χ3v) is 4.79. The fraction of sp³-hybridized carbons (Fsp3) is 0.316. The Hall–Kier alpha value is -2.33. The number of pyridine rings is 1. The van der Waals surface area contributed by atoms with Gasteiger partial charge in [0.15, 0.2) is 0 Å². The molecule has 3 aromatic rings. The number of hydrogen-bond donors (Lipinski definition) is 0. The molecule has 0 saturated carbocycles. The van der Waals surface area contributed by atoms with Gasteiger partial charge in [-0.3, -0.25) is 4.98 Å². The lowest BCUT2D eigenvalue weighted by atomic mass is 10.1. The van der Waals surface area contributed by atoms with Crippen molar-refractivity contribution in [1.29, 1.82) is 0 Å². The van der Waals surface area contributed by atoms with Crippen LogP contribution in [0.15, 0.2) is 48.8 Å². The molecular weight excluding hydrogens is 284 g/mol. The second-order valence-electron chi connectivity index (χ2n) is 6.39. The lowest BCUT2D eigenvalue weighted by molar-refractivity contribution is 0.313. The monoisotopic (exact) mass is 306 g/mol. The Labute approximate surface area is 137 Å². The lowest BCUT2D eigenvalue weighted by Crippen LogP contribution is -2.44. The van der Waals surface area contributed by atoms with Crippen LogP contribution in [0.5, 0.6) is 0 Å². The number of anilines is 1. The van der Waals surface area contributed by atoms with Gasteiger partial charge >= 0.3 is 0 Å². The number of aromatic nitrogens is 2. The van der Waals surface area contributed by atoms with E-state index in [1.807, 2.05) is 6.20 Å². The highest BCUT2D eigenvalue weighted by atomic mass is 15.2. The maximum atomic E-state index is 4.59. The van der Waals surface area contributed by atoms with Crippen LogP contribution in [0.3, 0.4) is 0 Å². The number of benzene rings is 1. The number of fused-ring (bicyclic) bond motifs is 1. The average Bonchev–Trinajstić information content (AvgIpc) is 2.96. The molecular formula is C19H22N4. The summed E-state index contributed by atoms with van der Waals surface area (Å²) in [5.41, 5.74) is 4.76. The molecule has 1 fully saturated rings. The molecule has 118 valence electrons. The van der Waals surface area contributed by atoms with Gasteiger partial charge in [0.05, 0.1) is 5.69 Å². The van der Waals surface area contributed by atoms with Crippen molar-refractivity contribution in [1.82, 2.24) is 14.5 Å².